The number of carbonyl (C=O) groups is 1. The van der Waals surface area contributed by atoms with Crippen molar-refractivity contribution in [3.8, 4) is 0 Å². The van der Waals surface area contributed by atoms with Gasteiger partial charge in [-0.05, 0) is 5.25 Å². The van der Waals surface area contributed by atoms with Gasteiger partial charge in [0.25, 0.3) is 0 Å². The standard InChI is InChI=1S/C9H13ClN2OS/c1-6(2)14-5-8(13)9-7(10)4-11-12(9)3/h4,6H,5H2,1-3H3. The molecular weight excluding hydrogens is 220 g/mol. The Morgan fingerprint density at radius 3 is 2.79 bits per heavy atom. The monoisotopic (exact) mass is 232 g/mol. The number of hydrogen-bond acceptors (Lipinski definition) is 3. The third kappa shape index (κ3) is 2.75. The number of carbonyl (C=O) groups excluding carboxylic acids is 1. The topological polar surface area (TPSA) is 34.9 Å². The third-order valence-corrected chi connectivity index (χ3v) is 3.08. The molecule has 0 unspecified atom stereocenters. The van der Waals surface area contributed by atoms with Gasteiger partial charge in [-0.2, -0.15) is 16.9 Å². The predicted octanol–water partition coefficient (Wildman–Crippen LogP) is 2.40. The molecule has 0 aromatic carbocycles. The van der Waals surface area contributed by atoms with E-state index >= 15 is 0 Å². The molecule has 0 saturated heterocycles. The Labute approximate surface area is 92.8 Å². The molecule has 1 aromatic heterocycles. The van der Waals surface area contributed by atoms with Crippen LogP contribution in [-0.4, -0.2) is 26.6 Å². The van der Waals surface area contributed by atoms with Crippen LogP contribution in [0.5, 0.6) is 0 Å². The molecule has 0 bridgehead atoms. The zero-order valence-electron chi connectivity index (χ0n) is 8.45. The lowest BCUT2D eigenvalue weighted by Gasteiger charge is -2.04. The summed E-state index contributed by atoms with van der Waals surface area (Å²) in [6.07, 6.45) is 1.49. The molecule has 0 spiro atoms. The van der Waals surface area contributed by atoms with E-state index in [0.717, 1.165) is 0 Å². The summed E-state index contributed by atoms with van der Waals surface area (Å²) in [5, 5.41) is 4.80. The second-order valence-corrected chi connectivity index (χ2v) is 5.22. The molecule has 78 valence electrons. The lowest BCUT2D eigenvalue weighted by molar-refractivity contribution is 0.101. The number of rotatable bonds is 4. The van der Waals surface area contributed by atoms with Gasteiger partial charge in [0.05, 0.1) is 17.0 Å². The van der Waals surface area contributed by atoms with E-state index in [1.165, 1.54) is 10.9 Å². The summed E-state index contributed by atoms with van der Waals surface area (Å²) in [5.41, 5.74) is 0.500. The molecule has 0 radical (unpaired) electrons. The highest BCUT2D eigenvalue weighted by Crippen LogP contribution is 2.18. The number of aromatic nitrogens is 2. The average molecular weight is 233 g/mol. The van der Waals surface area contributed by atoms with Crippen molar-refractivity contribution in [1.29, 1.82) is 0 Å². The highest BCUT2D eigenvalue weighted by Gasteiger charge is 2.15. The summed E-state index contributed by atoms with van der Waals surface area (Å²) in [5.74, 6) is 0.491. The minimum absolute atomic E-state index is 0.0358. The molecule has 0 amide bonds. The van der Waals surface area contributed by atoms with Gasteiger partial charge in [-0.1, -0.05) is 25.4 Å². The van der Waals surface area contributed by atoms with Gasteiger partial charge in [-0.15, -0.1) is 0 Å². The van der Waals surface area contributed by atoms with Crippen LogP contribution in [0.3, 0.4) is 0 Å². The lowest BCUT2D eigenvalue weighted by Crippen LogP contribution is -2.11. The van der Waals surface area contributed by atoms with Gasteiger partial charge in [-0.25, -0.2) is 0 Å². The maximum atomic E-state index is 11.7. The summed E-state index contributed by atoms with van der Waals surface area (Å²) in [7, 11) is 1.72. The summed E-state index contributed by atoms with van der Waals surface area (Å²) in [4.78, 5) is 11.7. The molecule has 5 heteroatoms. The zero-order valence-corrected chi connectivity index (χ0v) is 10.0. The first-order valence-corrected chi connectivity index (χ1v) is 5.77. The molecule has 3 nitrogen and oxygen atoms in total. The maximum Gasteiger partial charge on any atom is 0.192 e. The van der Waals surface area contributed by atoms with Gasteiger partial charge < -0.3 is 0 Å². The van der Waals surface area contributed by atoms with Gasteiger partial charge in [0.1, 0.15) is 5.69 Å². The number of nitrogens with zero attached hydrogens (tertiary/aromatic N) is 2. The molecule has 0 atom stereocenters. The van der Waals surface area contributed by atoms with Crippen LogP contribution in [0.15, 0.2) is 6.20 Å². The number of aryl methyl sites for hydroxylation is 1. The first-order chi connectivity index (χ1) is 6.52. The van der Waals surface area contributed by atoms with Gasteiger partial charge in [-0.3, -0.25) is 9.48 Å². The fourth-order valence-corrected chi connectivity index (χ4v) is 1.93. The van der Waals surface area contributed by atoms with Crippen LogP contribution < -0.4 is 0 Å². The number of hydrogen-bond donors (Lipinski definition) is 0. The van der Waals surface area contributed by atoms with E-state index in [-0.39, 0.29) is 5.78 Å². The van der Waals surface area contributed by atoms with Crippen molar-refractivity contribution in [2.75, 3.05) is 5.75 Å². The van der Waals surface area contributed by atoms with Crippen LogP contribution >= 0.6 is 23.4 Å². The van der Waals surface area contributed by atoms with Crippen LogP contribution in [-0.2, 0) is 7.05 Å². The molecule has 0 fully saturated rings. The highest BCUT2D eigenvalue weighted by molar-refractivity contribution is 8.00. The average Bonchev–Trinajstić information content (AvgIpc) is 2.42. The van der Waals surface area contributed by atoms with Crippen LogP contribution in [0, 0.1) is 0 Å². The largest absolute Gasteiger partial charge is 0.291 e. The van der Waals surface area contributed by atoms with Gasteiger partial charge in [0.15, 0.2) is 5.78 Å². The van der Waals surface area contributed by atoms with Gasteiger partial charge in [0, 0.05) is 7.05 Å². The molecule has 0 N–H and O–H groups in total. The third-order valence-electron chi connectivity index (χ3n) is 1.71. The first-order valence-electron chi connectivity index (χ1n) is 4.34. The van der Waals surface area contributed by atoms with Crippen LogP contribution in [0.1, 0.15) is 24.3 Å². The summed E-state index contributed by atoms with van der Waals surface area (Å²) in [6, 6.07) is 0. The van der Waals surface area contributed by atoms with Crippen molar-refractivity contribution >= 4 is 29.1 Å². The van der Waals surface area contributed by atoms with E-state index in [9.17, 15) is 4.79 Å². The summed E-state index contributed by atoms with van der Waals surface area (Å²) >= 11 is 7.45. The quantitative estimate of drug-likeness (QED) is 0.748. The highest BCUT2D eigenvalue weighted by atomic mass is 35.5. The molecule has 0 aliphatic heterocycles. The Balaban J connectivity index is 2.70. The van der Waals surface area contributed by atoms with Crippen molar-refractivity contribution in [1.82, 2.24) is 9.78 Å². The Kier molecular flexibility index (Phi) is 4.01. The van der Waals surface area contributed by atoms with Crippen molar-refractivity contribution in [2.24, 2.45) is 7.05 Å². The van der Waals surface area contributed by atoms with E-state index in [2.05, 4.69) is 18.9 Å². The second kappa shape index (κ2) is 4.84. The SMILES string of the molecule is CC(C)SCC(=O)c1c(Cl)cnn1C. The summed E-state index contributed by atoms with van der Waals surface area (Å²) in [6.45, 7) is 4.12. The number of thioether (sulfide) groups is 1. The van der Waals surface area contributed by atoms with Crippen molar-refractivity contribution in [2.45, 2.75) is 19.1 Å². The molecule has 0 aliphatic rings. The van der Waals surface area contributed by atoms with E-state index in [1.807, 2.05) is 0 Å². The van der Waals surface area contributed by atoms with E-state index in [1.54, 1.807) is 18.8 Å². The maximum absolute atomic E-state index is 11.7. The van der Waals surface area contributed by atoms with Crippen LogP contribution in [0.2, 0.25) is 5.02 Å². The van der Waals surface area contributed by atoms with E-state index in [4.69, 9.17) is 11.6 Å². The van der Waals surface area contributed by atoms with Crippen molar-refractivity contribution < 1.29 is 4.79 Å². The molecule has 1 rings (SSSR count). The molecule has 1 aromatic rings. The second-order valence-electron chi connectivity index (χ2n) is 3.25. The minimum atomic E-state index is 0.0358. The molecule has 14 heavy (non-hydrogen) atoms. The Bertz CT molecular complexity index is 316. The first kappa shape index (κ1) is 11.6. The Morgan fingerprint density at radius 2 is 2.36 bits per heavy atom. The molecule has 0 aliphatic carbocycles. The van der Waals surface area contributed by atoms with Gasteiger partial charge >= 0.3 is 0 Å². The number of ketones is 1. The Hall–Kier alpha value is -0.480. The van der Waals surface area contributed by atoms with Crippen molar-refractivity contribution in [3.63, 3.8) is 0 Å². The molecular formula is C9H13ClN2OS. The molecule has 0 saturated carbocycles. The minimum Gasteiger partial charge on any atom is -0.291 e. The van der Waals surface area contributed by atoms with E-state index < -0.39 is 0 Å². The smallest absolute Gasteiger partial charge is 0.192 e. The van der Waals surface area contributed by atoms with Gasteiger partial charge in [0.2, 0.25) is 0 Å². The fourth-order valence-electron chi connectivity index (χ4n) is 1.04. The zero-order chi connectivity index (χ0) is 10.7. The lowest BCUT2D eigenvalue weighted by atomic mass is 10.3. The summed E-state index contributed by atoms with van der Waals surface area (Å²) < 4.78 is 1.52. The predicted molar refractivity (Wildman–Crippen MR) is 60.1 cm³/mol. The van der Waals surface area contributed by atoms with Crippen molar-refractivity contribution in [3.05, 3.63) is 16.9 Å². The number of Topliss-reactive ketones (excluding diaryl/α,β-unsaturated/α-hetero) is 1. The van der Waals surface area contributed by atoms with Crippen LogP contribution in [0.4, 0.5) is 0 Å². The van der Waals surface area contributed by atoms with E-state index in [0.29, 0.717) is 21.7 Å². The number of halogens is 1. The normalized spacial score (nSPS) is 10.9. The Morgan fingerprint density at radius 1 is 1.71 bits per heavy atom. The molecule has 1 heterocycles. The fraction of sp³-hybridized carbons (Fsp3) is 0.556. The van der Waals surface area contributed by atoms with Crippen LogP contribution in [0.25, 0.3) is 0 Å².